The number of benzene rings is 1. The molecule has 1 atom stereocenters. The van der Waals surface area contributed by atoms with Gasteiger partial charge in [-0.05, 0) is 42.1 Å². The summed E-state index contributed by atoms with van der Waals surface area (Å²) in [7, 11) is 0. The molecule has 3 rings (SSSR count). The Kier molecular flexibility index (Phi) is 3.89. The van der Waals surface area contributed by atoms with Crippen molar-refractivity contribution in [3.63, 3.8) is 0 Å². The predicted molar refractivity (Wildman–Crippen MR) is 81.6 cm³/mol. The van der Waals surface area contributed by atoms with E-state index in [-0.39, 0.29) is 0 Å². The van der Waals surface area contributed by atoms with Gasteiger partial charge >= 0.3 is 15.9 Å². The van der Waals surface area contributed by atoms with Crippen molar-refractivity contribution in [2.75, 3.05) is 0 Å². The number of nitrogens with zero attached hydrogens (tertiary/aromatic N) is 1. The summed E-state index contributed by atoms with van der Waals surface area (Å²) in [6.45, 7) is 0. The molecular weight excluding hydrogens is 274 g/mol. The molecular formula is C15H18NOS2+. The third kappa shape index (κ3) is 2.32. The average Bonchev–Trinajstić information content (AvgIpc) is 2.94. The zero-order chi connectivity index (χ0) is 13.1. The van der Waals surface area contributed by atoms with Crippen LogP contribution in [0.5, 0.6) is 0 Å². The molecule has 1 aliphatic heterocycles. The van der Waals surface area contributed by atoms with E-state index in [9.17, 15) is 4.21 Å². The lowest BCUT2D eigenvalue weighted by Crippen LogP contribution is -2.44. The molecule has 100 valence electrons. The van der Waals surface area contributed by atoms with Crippen molar-refractivity contribution >= 4 is 23.4 Å². The van der Waals surface area contributed by atoms with Gasteiger partial charge in [0, 0.05) is 16.5 Å². The van der Waals surface area contributed by atoms with E-state index in [4.69, 9.17) is 0 Å². The molecule has 0 aromatic heterocycles. The number of hydrogen-bond acceptors (Lipinski definition) is 3. The zero-order valence-electron chi connectivity index (χ0n) is 10.8. The third-order valence-electron chi connectivity index (χ3n) is 4.01. The summed E-state index contributed by atoms with van der Waals surface area (Å²) in [5.41, 5.74) is 1.11. The highest BCUT2D eigenvalue weighted by molar-refractivity contribution is 8.10. The summed E-state index contributed by atoms with van der Waals surface area (Å²) >= 11 is 2.35. The minimum absolute atomic E-state index is 0.497. The molecule has 0 spiro atoms. The highest BCUT2D eigenvalue weighted by Crippen LogP contribution is 2.48. The maximum Gasteiger partial charge on any atom is 0.507 e. The van der Waals surface area contributed by atoms with Gasteiger partial charge in [-0.15, -0.1) is 0 Å². The van der Waals surface area contributed by atoms with E-state index in [1.54, 1.807) is 11.8 Å². The van der Waals surface area contributed by atoms with E-state index in [1.165, 1.54) is 32.1 Å². The maximum absolute atomic E-state index is 11.9. The second kappa shape index (κ2) is 5.63. The van der Waals surface area contributed by atoms with E-state index in [2.05, 4.69) is 28.6 Å². The molecule has 1 unspecified atom stereocenters. The summed E-state index contributed by atoms with van der Waals surface area (Å²) in [6, 6.07) is 10.7. The highest BCUT2D eigenvalue weighted by atomic mass is 32.2. The van der Waals surface area contributed by atoms with Crippen molar-refractivity contribution in [3.8, 4) is 0 Å². The summed E-state index contributed by atoms with van der Waals surface area (Å²) in [6.07, 6.45) is 8.45. The summed E-state index contributed by atoms with van der Waals surface area (Å²) in [4.78, 5) is 2.31. The molecule has 2 aliphatic rings. The molecule has 0 radical (unpaired) electrons. The Bertz CT molecular complexity index is 470. The van der Waals surface area contributed by atoms with Gasteiger partial charge in [-0.25, -0.2) is 0 Å². The van der Waals surface area contributed by atoms with Crippen molar-refractivity contribution in [1.29, 1.82) is 0 Å². The Morgan fingerprint density at radius 2 is 1.89 bits per heavy atom. The van der Waals surface area contributed by atoms with Crippen LogP contribution in [0, 0.1) is 0 Å². The first-order chi connectivity index (χ1) is 9.37. The normalized spacial score (nSPS) is 27.7. The van der Waals surface area contributed by atoms with E-state index in [0.29, 0.717) is 17.7 Å². The Balaban J connectivity index is 1.94. The molecule has 2 nitrogen and oxygen atoms in total. The van der Waals surface area contributed by atoms with Crippen LogP contribution in [0.25, 0.3) is 0 Å². The van der Waals surface area contributed by atoms with Gasteiger partial charge in [-0.2, -0.15) is 0 Å². The van der Waals surface area contributed by atoms with Gasteiger partial charge < -0.3 is 4.90 Å². The van der Waals surface area contributed by atoms with Crippen LogP contribution in [0.2, 0.25) is 0 Å². The summed E-state index contributed by atoms with van der Waals surface area (Å²) in [5, 5.41) is 2.08. The molecule has 1 heterocycles. The topological polar surface area (TPSA) is 20.3 Å². The van der Waals surface area contributed by atoms with Crippen LogP contribution in [0.15, 0.2) is 41.9 Å². The summed E-state index contributed by atoms with van der Waals surface area (Å²) < 4.78 is 11.4. The number of rotatable bonds is 3. The van der Waals surface area contributed by atoms with Gasteiger partial charge in [0.15, 0.2) is 0 Å². The van der Waals surface area contributed by atoms with Gasteiger partial charge in [0.25, 0.3) is 0 Å². The molecule has 1 fully saturated rings. The van der Waals surface area contributed by atoms with Gasteiger partial charge in [0.1, 0.15) is 0 Å². The molecule has 0 N–H and O–H groups in total. The number of hydrogen-bond donors (Lipinski definition) is 0. The maximum atomic E-state index is 11.9. The third-order valence-corrected chi connectivity index (χ3v) is 6.20. The smallest absolute Gasteiger partial charge is 0.303 e. The monoisotopic (exact) mass is 292 g/mol. The standard InChI is InChI=1S/C15H18NOS2/c17-19-15(13-7-3-1-4-8-13)16(11-12-18-15)14-9-5-2-6-10-14/h1,3-4,7-8,11-12,14H,2,5-6,9-10H2/q+1. The van der Waals surface area contributed by atoms with Gasteiger partial charge in [-0.1, -0.05) is 37.5 Å². The molecule has 19 heavy (non-hydrogen) atoms. The minimum Gasteiger partial charge on any atom is -0.303 e. The van der Waals surface area contributed by atoms with Crippen LogP contribution in [0.4, 0.5) is 0 Å². The van der Waals surface area contributed by atoms with Gasteiger partial charge in [-0.3, -0.25) is 0 Å². The molecule has 4 heteroatoms. The first-order valence-corrected chi connectivity index (χ1v) is 8.48. The Hall–Kier alpha value is -0.870. The van der Waals surface area contributed by atoms with E-state index in [0.717, 1.165) is 5.56 Å². The molecule has 0 amide bonds. The fourth-order valence-electron chi connectivity index (χ4n) is 3.05. The first kappa shape index (κ1) is 13.1. The molecule has 1 saturated carbocycles. The Labute approximate surface area is 122 Å². The Morgan fingerprint density at radius 1 is 1.16 bits per heavy atom. The van der Waals surface area contributed by atoms with Crippen molar-refractivity contribution in [1.82, 2.24) is 4.90 Å². The van der Waals surface area contributed by atoms with E-state index < -0.39 is 4.20 Å². The second-order valence-corrected chi connectivity index (χ2v) is 7.25. The second-order valence-electron chi connectivity index (χ2n) is 5.13. The van der Waals surface area contributed by atoms with E-state index >= 15 is 0 Å². The lowest BCUT2D eigenvalue weighted by Gasteiger charge is -2.35. The predicted octanol–water partition coefficient (Wildman–Crippen LogP) is 4.08. The van der Waals surface area contributed by atoms with Crippen LogP contribution in [0.1, 0.15) is 37.7 Å². The molecule has 0 saturated heterocycles. The van der Waals surface area contributed by atoms with Crippen LogP contribution in [-0.2, 0) is 20.1 Å². The lowest BCUT2D eigenvalue weighted by molar-refractivity contribution is 0.192. The van der Waals surface area contributed by atoms with Crippen LogP contribution in [0.3, 0.4) is 0 Å². The largest absolute Gasteiger partial charge is 0.507 e. The lowest BCUT2D eigenvalue weighted by atomic mass is 9.94. The first-order valence-electron chi connectivity index (χ1n) is 6.86. The molecule has 1 aromatic rings. The SMILES string of the molecule is O=[S+]C1(c2ccccc2)SC=CN1C1CCCCC1. The highest BCUT2D eigenvalue weighted by Gasteiger charge is 2.56. The summed E-state index contributed by atoms with van der Waals surface area (Å²) in [5.74, 6) is 0. The quantitative estimate of drug-likeness (QED) is 0.783. The van der Waals surface area contributed by atoms with E-state index in [1.807, 2.05) is 18.2 Å². The van der Waals surface area contributed by atoms with Crippen molar-refractivity contribution in [2.45, 2.75) is 42.3 Å². The Morgan fingerprint density at radius 3 is 2.58 bits per heavy atom. The molecule has 1 aromatic carbocycles. The number of thioether (sulfide) groups is 1. The fraction of sp³-hybridized carbons (Fsp3) is 0.467. The minimum atomic E-state index is -0.497. The molecule has 0 bridgehead atoms. The van der Waals surface area contributed by atoms with Gasteiger partial charge in [0.05, 0.1) is 5.56 Å². The van der Waals surface area contributed by atoms with Crippen LogP contribution >= 0.6 is 11.8 Å². The van der Waals surface area contributed by atoms with Crippen LogP contribution in [-0.4, -0.2) is 10.9 Å². The van der Waals surface area contributed by atoms with Gasteiger partial charge in [0.2, 0.25) is 0 Å². The molecule has 1 aliphatic carbocycles. The van der Waals surface area contributed by atoms with Crippen molar-refractivity contribution < 1.29 is 4.21 Å². The zero-order valence-corrected chi connectivity index (χ0v) is 12.5. The van der Waals surface area contributed by atoms with Crippen LogP contribution < -0.4 is 0 Å². The average molecular weight is 292 g/mol. The van der Waals surface area contributed by atoms with Crippen molar-refractivity contribution in [2.24, 2.45) is 0 Å². The van der Waals surface area contributed by atoms with Crippen molar-refractivity contribution in [3.05, 3.63) is 47.5 Å². The fourth-order valence-corrected chi connectivity index (χ4v) is 4.88.